The number of nitrogens with one attached hydrogen (secondary N) is 1. The summed E-state index contributed by atoms with van der Waals surface area (Å²) < 4.78 is 5.33. The van der Waals surface area contributed by atoms with E-state index < -0.39 is 6.10 Å². The van der Waals surface area contributed by atoms with Crippen molar-refractivity contribution in [3.63, 3.8) is 0 Å². The quantitative estimate of drug-likeness (QED) is 0.745. The van der Waals surface area contributed by atoms with E-state index in [2.05, 4.69) is 10.2 Å². The predicted molar refractivity (Wildman–Crippen MR) is 78.6 cm³/mol. The highest BCUT2D eigenvalue weighted by Crippen LogP contribution is 2.21. The number of aliphatic hydroxyl groups is 1. The second-order valence-corrected chi connectivity index (χ2v) is 5.99. The maximum Gasteiger partial charge on any atom is 0.103 e. The van der Waals surface area contributed by atoms with E-state index >= 15 is 0 Å². The minimum Gasteiger partial charge on any atom is -0.386 e. The molecule has 1 aromatic rings. The third kappa shape index (κ3) is 4.85. The smallest absolute Gasteiger partial charge is 0.103 e. The summed E-state index contributed by atoms with van der Waals surface area (Å²) in [4.78, 5) is 3.47. The van der Waals surface area contributed by atoms with E-state index in [1.54, 1.807) is 11.3 Å². The molecule has 0 amide bonds. The van der Waals surface area contributed by atoms with Crippen molar-refractivity contribution in [3.8, 4) is 0 Å². The van der Waals surface area contributed by atoms with Crippen LogP contribution in [0.5, 0.6) is 0 Å². The van der Waals surface area contributed by atoms with Gasteiger partial charge in [-0.2, -0.15) is 0 Å². The van der Waals surface area contributed by atoms with Gasteiger partial charge in [-0.1, -0.05) is 6.07 Å². The fraction of sp³-hybridized carbons (Fsp3) is 0.714. The molecule has 2 N–H and O–H groups in total. The summed E-state index contributed by atoms with van der Waals surface area (Å²) >= 11 is 1.61. The molecule has 5 heteroatoms. The minimum absolute atomic E-state index is 0.100. The van der Waals surface area contributed by atoms with Gasteiger partial charge >= 0.3 is 0 Å². The van der Waals surface area contributed by atoms with Crippen molar-refractivity contribution in [1.29, 1.82) is 0 Å². The third-order valence-corrected chi connectivity index (χ3v) is 4.47. The van der Waals surface area contributed by atoms with Crippen molar-refractivity contribution in [1.82, 2.24) is 10.2 Å². The summed E-state index contributed by atoms with van der Waals surface area (Å²) in [5.41, 5.74) is 0. The lowest BCUT2D eigenvalue weighted by Crippen LogP contribution is -2.39. The van der Waals surface area contributed by atoms with Crippen molar-refractivity contribution in [3.05, 3.63) is 22.4 Å². The first-order chi connectivity index (χ1) is 9.27. The van der Waals surface area contributed by atoms with Crippen LogP contribution < -0.4 is 5.32 Å². The molecule has 1 fully saturated rings. The lowest BCUT2D eigenvalue weighted by Gasteiger charge is -2.27. The number of ether oxygens (including phenoxy) is 1. The van der Waals surface area contributed by atoms with Gasteiger partial charge in [0.1, 0.15) is 6.10 Å². The third-order valence-electron chi connectivity index (χ3n) is 3.53. The van der Waals surface area contributed by atoms with Gasteiger partial charge in [-0.05, 0) is 37.9 Å². The van der Waals surface area contributed by atoms with Crippen LogP contribution in [0.1, 0.15) is 24.3 Å². The highest BCUT2D eigenvalue weighted by atomic mass is 32.1. The molecule has 2 unspecified atom stereocenters. The van der Waals surface area contributed by atoms with Gasteiger partial charge in [0, 0.05) is 24.0 Å². The number of hydrogen-bond acceptors (Lipinski definition) is 5. The van der Waals surface area contributed by atoms with E-state index in [1.807, 2.05) is 24.4 Å². The van der Waals surface area contributed by atoms with E-state index in [-0.39, 0.29) is 6.04 Å². The Balaban J connectivity index is 1.59. The van der Waals surface area contributed by atoms with Crippen LogP contribution in [-0.2, 0) is 4.74 Å². The zero-order valence-electron chi connectivity index (χ0n) is 11.5. The first kappa shape index (κ1) is 14.9. The van der Waals surface area contributed by atoms with E-state index in [0.29, 0.717) is 0 Å². The number of rotatable bonds is 7. The standard InChI is InChI=1S/C14H24N2O2S/c1-12(14(17)13-4-2-11-19-13)15-5-3-6-16-7-9-18-10-8-16/h2,4,11-12,14-15,17H,3,5-10H2,1H3. The monoisotopic (exact) mass is 284 g/mol. The molecule has 4 nitrogen and oxygen atoms in total. The lowest BCUT2D eigenvalue weighted by atomic mass is 10.1. The molecule has 1 saturated heterocycles. The molecule has 0 bridgehead atoms. The summed E-state index contributed by atoms with van der Waals surface area (Å²) in [5.74, 6) is 0. The van der Waals surface area contributed by atoms with Crippen molar-refractivity contribution in [2.75, 3.05) is 39.4 Å². The Morgan fingerprint density at radius 1 is 1.47 bits per heavy atom. The van der Waals surface area contributed by atoms with Crippen molar-refractivity contribution in [2.24, 2.45) is 0 Å². The van der Waals surface area contributed by atoms with Crippen LogP contribution in [0.4, 0.5) is 0 Å². The van der Waals surface area contributed by atoms with Gasteiger partial charge < -0.3 is 15.2 Å². The molecule has 2 heterocycles. The van der Waals surface area contributed by atoms with Gasteiger partial charge in [0.2, 0.25) is 0 Å². The number of morpholine rings is 1. The molecule has 108 valence electrons. The zero-order chi connectivity index (χ0) is 13.5. The summed E-state index contributed by atoms with van der Waals surface area (Å²) in [6.07, 6.45) is 0.713. The van der Waals surface area contributed by atoms with Crippen LogP contribution in [-0.4, -0.2) is 55.4 Å². The van der Waals surface area contributed by atoms with Gasteiger partial charge in [0.05, 0.1) is 13.2 Å². The van der Waals surface area contributed by atoms with Crippen LogP contribution in [0.3, 0.4) is 0 Å². The van der Waals surface area contributed by atoms with Crippen LogP contribution in [0.25, 0.3) is 0 Å². The molecular weight excluding hydrogens is 260 g/mol. The van der Waals surface area contributed by atoms with E-state index in [1.165, 1.54) is 0 Å². The van der Waals surface area contributed by atoms with Crippen molar-refractivity contribution in [2.45, 2.75) is 25.5 Å². The number of aliphatic hydroxyl groups excluding tert-OH is 1. The normalized spacial score (nSPS) is 20.3. The van der Waals surface area contributed by atoms with Gasteiger partial charge in [0.25, 0.3) is 0 Å². The van der Waals surface area contributed by atoms with E-state index in [4.69, 9.17) is 4.74 Å². The highest BCUT2D eigenvalue weighted by Gasteiger charge is 2.16. The molecule has 2 rings (SSSR count). The Morgan fingerprint density at radius 3 is 2.95 bits per heavy atom. The summed E-state index contributed by atoms with van der Waals surface area (Å²) in [5, 5.41) is 15.6. The Hall–Kier alpha value is -0.460. The molecule has 2 atom stereocenters. The van der Waals surface area contributed by atoms with Gasteiger partial charge in [-0.25, -0.2) is 0 Å². The summed E-state index contributed by atoms with van der Waals surface area (Å²) in [7, 11) is 0. The van der Waals surface area contributed by atoms with Crippen LogP contribution in [0.15, 0.2) is 17.5 Å². The van der Waals surface area contributed by atoms with Crippen LogP contribution in [0, 0.1) is 0 Å². The van der Waals surface area contributed by atoms with Crippen molar-refractivity contribution >= 4 is 11.3 Å². The first-order valence-corrected chi connectivity index (χ1v) is 7.90. The second kappa shape index (κ2) is 7.97. The van der Waals surface area contributed by atoms with Gasteiger partial charge in [-0.15, -0.1) is 11.3 Å². The highest BCUT2D eigenvalue weighted by molar-refractivity contribution is 7.10. The van der Waals surface area contributed by atoms with Gasteiger partial charge in [0.15, 0.2) is 0 Å². The Labute approximate surface area is 119 Å². The van der Waals surface area contributed by atoms with E-state index in [0.717, 1.165) is 50.7 Å². The molecule has 0 aliphatic carbocycles. The number of nitrogens with zero attached hydrogens (tertiary/aromatic N) is 1. The Kier molecular flexibility index (Phi) is 6.26. The largest absolute Gasteiger partial charge is 0.386 e. The molecule has 1 aliphatic heterocycles. The maximum absolute atomic E-state index is 10.1. The molecule has 1 aliphatic rings. The molecule has 0 radical (unpaired) electrons. The topological polar surface area (TPSA) is 44.7 Å². The lowest BCUT2D eigenvalue weighted by molar-refractivity contribution is 0.0371. The van der Waals surface area contributed by atoms with E-state index in [9.17, 15) is 5.11 Å². The number of thiophene rings is 1. The minimum atomic E-state index is -0.400. The van der Waals surface area contributed by atoms with Gasteiger partial charge in [-0.3, -0.25) is 4.90 Å². The average Bonchev–Trinajstić information content (AvgIpc) is 2.98. The molecule has 19 heavy (non-hydrogen) atoms. The second-order valence-electron chi connectivity index (χ2n) is 5.01. The summed E-state index contributed by atoms with van der Waals surface area (Å²) in [6, 6.07) is 4.07. The van der Waals surface area contributed by atoms with Crippen LogP contribution >= 0.6 is 11.3 Å². The SMILES string of the molecule is CC(NCCCN1CCOCC1)C(O)c1cccs1. The predicted octanol–water partition coefficient (Wildman–Crippen LogP) is 1.48. The van der Waals surface area contributed by atoms with Crippen molar-refractivity contribution < 1.29 is 9.84 Å². The summed E-state index contributed by atoms with van der Waals surface area (Å²) in [6.45, 7) is 7.92. The Bertz CT molecular complexity index is 339. The zero-order valence-corrected chi connectivity index (χ0v) is 12.4. The maximum atomic E-state index is 10.1. The Morgan fingerprint density at radius 2 is 2.26 bits per heavy atom. The first-order valence-electron chi connectivity index (χ1n) is 7.02. The average molecular weight is 284 g/mol. The molecular formula is C14H24N2O2S. The fourth-order valence-corrected chi connectivity index (χ4v) is 3.09. The fourth-order valence-electron chi connectivity index (χ4n) is 2.27. The molecule has 0 saturated carbocycles. The van der Waals surface area contributed by atoms with Crippen LogP contribution in [0.2, 0.25) is 0 Å². The number of hydrogen-bond donors (Lipinski definition) is 2. The molecule has 0 spiro atoms. The molecule has 1 aromatic heterocycles. The molecule has 0 aromatic carbocycles.